The zero-order chi connectivity index (χ0) is 14.7. The lowest BCUT2D eigenvalue weighted by Gasteiger charge is -2.33. The van der Waals surface area contributed by atoms with Crippen molar-refractivity contribution in [3.05, 3.63) is 33.8 Å². The van der Waals surface area contributed by atoms with E-state index in [9.17, 15) is 9.59 Å². The summed E-state index contributed by atoms with van der Waals surface area (Å²) >= 11 is 3.42. The Morgan fingerprint density at radius 2 is 2.10 bits per heavy atom. The molecule has 0 aromatic heterocycles. The molecule has 108 valence electrons. The van der Waals surface area contributed by atoms with E-state index in [1.54, 1.807) is 11.0 Å². The Bertz CT molecular complexity index is 530. The molecule has 1 unspecified atom stereocenters. The van der Waals surface area contributed by atoms with E-state index < -0.39 is 6.04 Å². The van der Waals surface area contributed by atoms with Gasteiger partial charge in [-0.2, -0.15) is 0 Å². The van der Waals surface area contributed by atoms with E-state index in [0.29, 0.717) is 18.5 Å². The number of halogens is 1. The highest BCUT2D eigenvalue weighted by Crippen LogP contribution is 2.23. The molecule has 1 aliphatic rings. The third-order valence-corrected chi connectivity index (χ3v) is 4.53. The molecular formula is C15H18BrNO3. The summed E-state index contributed by atoms with van der Waals surface area (Å²) in [5, 5.41) is 0. The number of benzene rings is 1. The highest BCUT2D eigenvalue weighted by Gasteiger charge is 2.33. The number of hydrogen-bond acceptors (Lipinski definition) is 3. The molecule has 0 N–H and O–H groups in total. The molecular weight excluding hydrogens is 322 g/mol. The van der Waals surface area contributed by atoms with Crippen molar-refractivity contribution >= 4 is 27.8 Å². The number of carbonyl (C=O) groups is 2. The standard InChI is InChI=1S/C15H18BrNO3/c1-10-9-11(6-7-12(10)16)14(18)17-8-4-3-5-13(17)15(19)20-2/h6-7,9,13H,3-5,8H2,1-2H3. The Morgan fingerprint density at radius 3 is 2.75 bits per heavy atom. The van der Waals surface area contributed by atoms with Crippen LogP contribution in [-0.2, 0) is 9.53 Å². The molecule has 1 aliphatic heterocycles. The number of aryl methyl sites for hydroxylation is 1. The summed E-state index contributed by atoms with van der Waals surface area (Å²) in [5.41, 5.74) is 1.61. The van der Waals surface area contributed by atoms with Crippen LogP contribution in [0.4, 0.5) is 0 Å². The number of piperidine rings is 1. The highest BCUT2D eigenvalue weighted by molar-refractivity contribution is 9.10. The van der Waals surface area contributed by atoms with Gasteiger partial charge in [-0.15, -0.1) is 0 Å². The average Bonchev–Trinajstić information content (AvgIpc) is 2.48. The lowest BCUT2D eigenvalue weighted by molar-refractivity contribution is -0.147. The monoisotopic (exact) mass is 339 g/mol. The summed E-state index contributed by atoms with van der Waals surface area (Å²) in [6, 6.07) is 5.03. The largest absolute Gasteiger partial charge is 0.467 e. The van der Waals surface area contributed by atoms with Gasteiger partial charge in [-0.1, -0.05) is 15.9 Å². The molecule has 1 saturated heterocycles. The molecule has 0 spiro atoms. The van der Waals surface area contributed by atoms with Crippen LogP contribution in [0.2, 0.25) is 0 Å². The van der Waals surface area contributed by atoms with Gasteiger partial charge in [0, 0.05) is 16.6 Å². The first-order valence-electron chi connectivity index (χ1n) is 6.69. The number of hydrogen-bond donors (Lipinski definition) is 0. The Kier molecular flexibility index (Phi) is 4.81. The fourth-order valence-electron chi connectivity index (χ4n) is 2.50. The molecule has 1 fully saturated rings. The zero-order valence-corrected chi connectivity index (χ0v) is 13.3. The van der Waals surface area contributed by atoms with Crippen molar-refractivity contribution < 1.29 is 14.3 Å². The van der Waals surface area contributed by atoms with Gasteiger partial charge in [0.1, 0.15) is 6.04 Å². The van der Waals surface area contributed by atoms with E-state index in [1.807, 2.05) is 19.1 Å². The highest BCUT2D eigenvalue weighted by atomic mass is 79.9. The van der Waals surface area contributed by atoms with Crippen LogP contribution < -0.4 is 0 Å². The smallest absolute Gasteiger partial charge is 0.328 e. The summed E-state index contributed by atoms with van der Waals surface area (Å²) in [7, 11) is 1.36. The van der Waals surface area contributed by atoms with E-state index in [4.69, 9.17) is 4.74 Å². The summed E-state index contributed by atoms with van der Waals surface area (Å²) in [6.07, 6.45) is 2.55. The van der Waals surface area contributed by atoms with Crippen molar-refractivity contribution in [2.75, 3.05) is 13.7 Å². The second-order valence-electron chi connectivity index (χ2n) is 5.00. The van der Waals surface area contributed by atoms with E-state index in [0.717, 1.165) is 22.9 Å². The maximum atomic E-state index is 12.6. The van der Waals surface area contributed by atoms with Gasteiger partial charge < -0.3 is 9.64 Å². The van der Waals surface area contributed by atoms with Crippen LogP contribution in [0.3, 0.4) is 0 Å². The molecule has 1 amide bonds. The van der Waals surface area contributed by atoms with Gasteiger partial charge in [-0.25, -0.2) is 4.79 Å². The van der Waals surface area contributed by atoms with Gasteiger partial charge in [0.25, 0.3) is 5.91 Å². The Morgan fingerprint density at radius 1 is 1.35 bits per heavy atom. The topological polar surface area (TPSA) is 46.6 Å². The predicted octanol–water partition coefficient (Wildman–Crippen LogP) is 2.93. The van der Waals surface area contributed by atoms with Crippen molar-refractivity contribution in [1.82, 2.24) is 4.90 Å². The number of esters is 1. The lowest BCUT2D eigenvalue weighted by atomic mass is 10.0. The first-order valence-corrected chi connectivity index (χ1v) is 7.49. The Balaban J connectivity index is 2.25. The molecule has 0 bridgehead atoms. The van der Waals surface area contributed by atoms with Gasteiger partial charge in [0.05, 0.1) is 7.11 Å². The second-order valence-corrected chi connectivity index (χ2v) is 5.85. The van der Waals surface area contributed by atoms with Crippen molar-refractivity contribution in [1.29, 1.82) is 0 Å². The maximum absolute atomic E-state index is 12.6. The molecule has 1 aromatic rings. The zero-order valence-electron chi connectivity index (χ0n) is 11.7. The van der Waals surface area contributed by atoms with Gasteiger partial charge in [0.2, 0.25) is 0 Å². The fourth-order valence-corrected chi connectivity index (χ4v) is 2.75. The Labute approximate surface area is 127 Å². The fraction of sp³-hybridized carbons (Fsp3) is 0.467. The van der Waals surface area contributed by atoms with Crippen molar-refractivity contribution in [2.24, 2.45) is 0 Å². The third-order valence-electron chi connectivity index (χ3n) is 3.64. The van der Waals surface area contributed by atoms with Gasteiger partial charge in [-0.05, 0) is 49.9 Å². The van der Waals surface area contributed by atoms with Gasteiger partial charge >= 0.3 is 5.97 Å². The summed E-state index contributed by atoms with van der Waals surface area (Å²) in [5.74, 6) is -0.428. The number of ether oxygens (including phenoxy) is 1. The number of nitrogens with zero attached hydrogens (tertiary/aromatic N) is 1. The molecule has 0 aliphatic carbocycles. The number of likely N-dealkylation sites (tertiary alicyclic amines) is 1. The third kappa shape index (κ3) is 3.03. The second kappa shape index (κ2) is 6.39. The molecule has 0 radical (unpaired) electrons. The number of carbonyl (C=O) groups excluding carboxylic acids is 2. The van der Waals surface area contributed by atoms with Crippen molar-refractivity contribution in [3.8, 4) is 0 Å². The lowest BCUT2D eigenvalue weighted by Crippen LogP contribution is -2.48. The van der Waals surface area contributed by atoms with Crippen LogP contribution in [0.1, 0.15) is 35.2 Å². The molecule has 1 aromatic carbocycles. The molecule has 2 rings (SSSR count). The SMILES string of the molecule is COC(=O)C1CCCCN1C(=O)c1ccc(Br)c(C)c1. The van der Waals surface area contributed by atoms with Crippen molar-refractivity contribution in [3.63, 3.8) is 0 Å². The molecule has 4 nitrogen and oxygen atoms in total. The molecule has 0 saturated carbocycles. The van der Waals surface area contributed by atoms with E-state index >= 15 is 0 Å². The Hall–Kier alpha value is -1.36. The first kappa shape index (κ1) is 15.0. The van der Waals surface area contributed by atoms with Crippen molar-refractivity contribution in [2.45, 2.75) is 32.2 Å². The molecule has 5 heteroatoms. The van der Waals surface area contributed by atoms with Crippen LogP contribution in [-0.4, -0.2) is 36.5 Å². The average molecular weight is 340 g/mol. The summed E-state index contributed by atoms with van der Waals surface area (Å²) in [6.45, 7) is 2.54. The summed E-state index contributed by atoms with van der Waals surface area (Å²) < 4.78 is 5.78. The molecule has 1 atom stereocenters. The predicted molar refractivity (Wildman–Crippen MR) is 79.6 cm³/mol. The molecule has 20 heavy (non-hydrogen) atoms. The summed E-state index contributed by atoms with van der Waals surface area (Å²) in [4.78, 5) is 26.0. The minimum atomic E-state index is -0.454. The van der Waals surface area contributed by atoms with E-state index in [1.165, 1.54) is 7.11 Å². The van der Waals surface area contributed by atoms with Crippen LogP contribution in [0.15, 0.2) is 22.7 Å². The number of amides is 1. The van der Waals surface area contributed by atoms with Crippen LogP contribution in [0.25, 0.3) is 0 Å². The van der Waals surface area contributed by atoms with Crippen LogP contribution >= 0.6 is 15.9 Å². The minimum Gasteiger partial charge on any atom is -0.467 e. The number of rotatable bonds is 2. The van der Waals surface area contributed by atoms with Gasteiger partial charge in [0.15, 0.2) is 0 Å². The van der Waals surface area contributed by atoms with Crippen LogP contribution in [0.5, 0.6) is 0 Å². The quantitative estimate of drug-likeness (QED) is 0.778. The van der Waals surface area contributed by atoms with Crippen LogP contribution in [0, 0.1) is 6.92 Å². The number of methoxy groups -OCH3 is 1. The van der Waals surface area contributed by atoms with Gasteiger partial charge in [-0.3, -0.25) is 4.79 Å². The minimum absolute atomic E-state index is 0.101. The maximum Gasteiger partial charge on any atom is 0.328 e. The normalized spacial score (nSPS) is 18.8. The first-order chi connectivity index (χ1) is 9.54. The van der Waals surface area contributed by atoms with E-state index in [2.05, 4.69) is 15.9 Å². The molecule has 1 heterocycles. The van der Waals surface area contributed by atoms with E-state index in [-0.39, 0.29) is 11.9 Å².